The molecule has 6 nitrogen and oxygen atoms in total. The van der Waals surface area contributed by atoms with Crippen molar-refractivity contribution in [1.82, 2.24) is 24.6 Å². The van der Waals surface area contributed by atoms with E-state index in [9.17, 15) is 5.11 Å². The molecule has 0 amide bonds. The molecule has 0 aliphatic carbocycles. The highest BCUT2D eigenvalue weighted by Crippen LogP contribution is 2.16. The first-order chi connectivity index (χ1) is 8.24. The molecule has 3 aromatic heterocycles. The summed E-state index contributed by atoms with van der Waals surface area (Å²) in [5, 5.41) is 15.8. The Morgan fingerprint density at radius 2 is 1.94 bits per heavy atom. The van der Waals surface area contributed by atoms with E-state index in [-0.39, 0.29) is 5.88 Å². The van der Waals surface area contributed by atoms with Crippen LogP contribution >= 0.6 is 0 Å². The van der Waals surface area contributed by atoms with Crippen molar-refractivity contribution >= 4 is 5.78 Å². The fraction of sp³-hybridized carbons (Fsp3) is 0.0909. The zero-order chi connectivity index (χ0) is 11.8. The second-order valence-electron chi connectivity index (χ2n) is 3.62. The Hall–Kier alpha value is -2.50. The molecule has 17 heavy (non-hydrogen) atoms. The molecule has 0 saturated carbocycles. The van der Waals surface area contributed by atoms with Crippen LogP contribution in [0.1, 0.15) is 5.69 Å². The number of nitrogens with zero attached hydrogens (tertiary/aromatic N) is 5. The third kappa shape index (κ3) is 1.59. The first-order valence-corrected chi connectivity index (χ1v) is 5.06. The second-order valence-corrected chi connectivity index (χ2v) is 3.62. The van der Waals surface area contributed by atoms with E-state index in [1.807, 2.05) is 0 Å². The Kier molecular flexibility index (Phi) is 2.01. The zero-order valence-corrected chi connectivity index (χ0v) is 9.03. The highest BCUT2D eigenvalue weighted by atomic mass is 16.3. The van der Waals surface area contributed by atoms with Crippen molar-refractivity contribution in [1.29, 1.82) is 0 Å². The number of rotatable bonds is 1. The van der Waals surface area contributed by atoms with Crippen LogP contribution in [-0.4, -0.2) is 24.6 Å². The minimum absolute atomic E-state index is 0.222. The molecule has 0 spiro atoms. The van der Waals surface area contributed by atoms with Crippen LogP contribution in [0.2, 0.25) is 0 Å². The van der Waals surface area contributed by atoms with Crippen molar-refractivity contribution in [2.75, 3.05) is 0 Å². The summed E-state index contributed by atoms with van der Waals surface area (Å²) in [5.74, 6) is 0.574. The number of aromatic nitrogens is 5. The minimum atomic E-state index is -0.222. The van der Waals surface area contributed by atoms with Gasteiger partial charge in [0.25, 0.3) is 5.78 Å². The third-order valence-electron chi connectivity index (χ3n) is 2.35. The lowest BCUT2D eigenvalue weighted by atomic mass is 10.3. The number of hydrogen-bond donors (Lipinski definition) is 0. The first kappa shape index (κ1) is 9.71. The van der Waals surface area contributed by atoms with Crippen molar-refractivity contribution in [3.05, 3.63) is 36.3 Å². The molecule has 0 aliphatic rings. The van der Waals surface area contributed by atoms with Crippen molar-refractivity contribution in [2.45, 2.75) is 6.92 Å². The largest absolute Gasteiger partial charge is 0.858 e. The summed E-state index contributed by atoms with van der Waals surface area (Å²) in [6, 6.07) is 5.00. The molecule has 0 N–H and O–H groups in total. The van der Waals surface area contributed by atoms with Crippen molar-refractivity contribution < 1.29 is 5.11 Å². The average Bonchev–Trinajstić information content (AvgIpc) is 2.74. The van der Waals surface area contributed by atoms with Crippen molar-refractivity contribution in [3.63, 3.8) is 0 Å². The summed E-state index contributed by atoms with van der Waals surface area (Å²) < 4.78 is 1.20. The standard InChI is InChI=1S/C11H9N5O/c1-7-6-9(17)16-11(13-7)14-10(15-16)8-2-4-12-5-3-8/h2-6,17H,1H3/p-1. The van der Waals surface area contributed by atoms with E-state index < -0.39 is 0 Å². The van der Waals surface area contributed by atoms with E-state index in [1.54, 1.807) is 31.5 Å². The van der Waals surface area contributed by atoms with Gasteiger partial charge < -0.3 is 5.11 Å². The molecule has 0 bridgehead atoms. The Bertz CT molecular complexity index is 677. The van der Waals surface area contributed by atoms with Gasteiger partial charge in [-0.15, -0.1) is 5.10 Å². The molecule has 3 heterocycles. The summed E-state index contributed by atoms with van der Waals surface area (Å²) >= 11 is 0. The molecule has 3 aromatic rings. The number of hydrogen-bond acceptors (Lipinski definition) is 5. The van der Waals surface area contributed by atoms with Gasteiger partial charge in [-0.2, -0.15) is 4.98 Å². The van der Waals surface area contributed by atoms with Gasteiger partial charge in [0, 0.05) is 23.7 Å². The average molecular weight is 226 g/mol. The fourth-order valence-corrected chi connectivity index (χ4v) is 1.58. The molecule has 84 valence electrons. The summed E-state index contributed by atoms with van der Waals surface area (Å²) in [5.41, 5.74) is 1.44. The molecule has 0 saturated heterocycles. The molecule has 0 unspecified atom stereocenters. The number of aryl methyl sites for hydroxylation is 1. The van der Waals surface area contributed by atoms with Gasteiger partial charge in [-0.25, -0.2) is 9.50 Å². The van der Waals surface area contributed by atoms with Gasteiger partial charge in [-0.3, -0.25) is 4.98 Å². The van der Waals surface area contributed by atoms with Crippen LogP contribution in [-0.2, 0) is 0 Å². The molecule has 0 fully saturated rings. The first-order valence-electron chi connectivity index (χ1n) is 5.06. The van der Waals surface area contributed by atoms with E-state index in [2.05, 4.69) is 20.1 Å². The number of fused-ring (bicyclic) bond motifs is 1. The normalized spacial score (nSPS) is 10.9. The third-order valence-corrected chi connectivity index (χ3v) is 2.35. The summed E-state index contributed by atoms with van der Waals surface area (Å²) in [4.78, 5) is 12.3. The van der Waals surface area contributed by atoms with Crippen LogP contribution in [0.5, 0.6) is 5.88 Å². The van der Waals surface area contributed by atoms with Crippen LogP contribution in [0, 0.1) is 6.92 Å². The maximum atomic E-state index is 11.7. The van der Waals surface area contributed by atoms with E-state index in [4.69, 9.17) is 0 Å². The topological polar surface area (TPSA) is 79.0 Å². The molecular formula is C11H8N5O-. The molecule has 0 atom stereocenters. The Balaban J connectivity index is 2.24. The Morgan fingerprint density at radius 3 is 2.71 bits per heavy atom. The smallest absolute Gasteiger partial charge is 0.252 e. The zero-order valence-electron chi connectivity index (χ0n) is 9.03. The highest BCUT2D eigenvalue weighted by Gasteiger charge is 2.07. The summed E-state index contributed by atoms with van der Waals surface area (Å²) in [7, 11) is 0. The monoisotopic (exact) mass is 226 g/mol. The van der Waals surface area contributed by atoms with Gasteiger partial charge >= 0.3 is 0 Å². The molecule has 3 rings (SSSR count). The van der Waals surface area contributed by atoms with Crippen molar-refractivity contribution in [3.8, 4) is 17.3 Å². The highest BCUT2D eigenvalue weighted by molar-refractivity contribution is 5.56. The summed E-state index contributed by atoms with van der Waals surface area (Å²) in [6.45, 7) is 1.75. The predicted octanol–water partition coefficient (Wildman–Crippen LogP) is 0.568. The molecular weight excluding hydrogens is 218 g/mol. The lowest BCUT2D eigenvalue weighted by Gasteiger charge is -2.06. The van der Waals surface area contributed by atoms with Gasteiger partial charge in [0.2, 0.25) is 0 Å². The summed E-state index contributed by atoms with van der Waals surface area (Å²) in [6.07, 6.45) is 3.30. The van der Waals surface area contributed by atoms with Crippen LogP contribution in [0.15, 0.2) is 30.6 Å². The molecule has 0 aliphatic heterocycles. The quantitative estimate of drug-likeness (QED) is 0.606. The van der Waals surface area contributed by atoms with E-state index in [0.29, 0.717) is 17.3 Å². The van der Waals surface area contributed by atoms with E-state index in [1.165, 1.54) is 10.6 Å². The SMILES string of the molecule is Cc1cc([O-])n2nc(-c3ccncc3)nc2n1. The van der Waals surface area contributed by atoms with Gasteiger partial charge in [0.15, 0.2) is 5.82 Å². The van der Waals surface area contributed by atoms with Gasteiger partial charge in [-0.1, -0.05) is 0 Å². The van der Waals surface area contributed by atoms with E-state index in [0.717, 1.165) is 5.56 Å². The van der Waals surface area contributed by atoms with Gasteiger partial charge in [0.05, 0.1) is 0 Å². The van der Waals surface area contributed by atoms with Crippen LogP contribution in [0.4, 0.5) is 0 Å². The van der Waals surface area contributed by atoms with Crippen molar-refractivity contribution in [2.24, 2.45) is 0 Å². The van der Waals surface area contributed by atoms with Crippen LogP contribution in [0.25, 0.3) is 17.2 Å². The molecule has 6 heteroatoms. The maximum absolute atomic E-state index is 11.7. The number of pyridine rings is 1. The molecule has 0 radical (unpaired) electrons. The molecule has 0 aromatic carbocycles. The van der Waals surface area contributed by atoms with Crippen LogP contribution < -0.4 is 5.11 Å². The van der Waals surface area contributed by atoms with Crippen LogP contribution in [0.3, 0.4) is 0 Å². The lowest BCUT2D eigenvalue weighted by Crippen LogP contribution is -2.03. The lowest BCUT2D eigenvalue weighted by molar-refractivity contribution is -0.277. The Morgan fingerprint density at radius 1 is 1.18 bits per heavy atom. The van der Waals surface area contributed by atoms with E-state index >= 15 is 0 Å². The maximum Gasteiger partial charge on any atom is 0.252 e. The van der Waals surface area contributed by atoms with Gasteiger partial charge in [0.1, 0.15) is 0 Å². The predicted molar refractivity (Wildman–Crippen MR) is 58.2 cm³/mol. The Labute approximate surface area is 96.6 Å². The second kappa shape index (κ2) is 3.51. The fourth-order valence-electron chi connectivity index (χ4n) is 1.58. The van der Waals surface area contributed by atoms with Gasteiger partial charge in [-0.05, 0) is 31.0 Å². The minimum Gasteiger partial charge on any atom is -0.858 e.